The molecule has 2 aromatic carbocycles. The van der Waals surface area contributed by atoms with Crippen molar-refractivity contribution in [3.05, 3.63) is 98.6 Å². The Labute approximate surface area is 256 Å². The summed E-state index contributed by atoms with van der Waals surface area (Å²) in [5.41, 5.74) is 3.30. The molecule has 9 nitrogen and oxygen atoms in total. The largest absolute Gasteiger partial charge is 0.454 e. The second-order valence-electron chi connectivity index (χ2n) is 10.4. The van der Waals surface area contributed by atoms with Crippen LogP contribution in [0.15, 0.2) is 70.5 Å². The van der Waals surface area contributed by atoms with Gasteiger partial charge in [0.15, 0.2) is 11.5 Å². The highest BCUT2D eigenvalue weighted by Crippen LogP contribution is 2.37. The van der Waals surface area contributed by atoms with Gasteiger partial charge in [-0.25, -0.2) is 9.37 Å². The molecule has 0 unspecified atom stereocenters. The van der Waals surface area contributed by atoms with Gasteiger partial charge in [0.2, 0.25) is 6.79 Å². The minimum absolute atomic E-state index is 0.168. The molecule has 2 saturated heterocycles. The Morgan fingerprint density at radius 3 is 2.53 bits per heavy atom. The average Bonchev–Trinajstić information content (AvgIpc) is 3.59. The lowest BCUT2D eigenvalue weighted by Crippen LogP contribution is -2.47. The van der Waals surface area contributed by atoms with Gasteiger partial charge in [-0.1, -0.05) is 36.1 Å². The van der Waals surface area contributed by atoms with Crippen LogP contribution in [0.25, 0.3) is 11.7 Å². The number of benzene rings is 2. The number of hydrogen-bond donors (Lipinski definition) is 0. The monoisotopic (exact) mass is 615 g/mol. The van der Waals surface area contributed by atoms with E-state index in [1.165, 1.54) is 33.2 Å². The third-order valence-corrected chi connectivity index (χ3v) is 9.14. The normalized spacial score (nSPS) is 17.5. The molecule has 0 atom stereocenters. The van der Waals surface area contributed by atoms with Gasteiger partial charge in [-0.15, -0.1) is 0 Å². The molecule has 7 rings (SSSR count). The number of ether oxygens (including phenoxy) is 2. The van der Waals surface area contributed by atoms with E-state index in [9.17, 15) is 14.0 Å². The Hall–Kier alpha value is -4.42. The fraction of sp³-hybridized carbons (Fsp3) is 0.226. The van der Waals surface area contributed by atoms with Crippen molar-refractivity contribution in [1.29, 1.82) is 0 Å². The first-order valence-electron chi connectivity index (χ1n) is 13.8. The molecule has 0 saturated carbocycles. The summed E-state index contributed by atoms with van der Waals surface area (Å²) in [6.45, 7) is 4.87. The Kier molecular flexibility index (Phi) is 7.02. The highest BCUT2D eigenvalue weighted by atomic mass is 32.2. The third kappa shape index (κ3) is 5.10. The smallest absolute Gasteiger partial charge is 0.267 e. The molecule has 5 heterocycles. The van der Waals surface area contributed by atoms with Crippen LogP contribution in [0.1, 0.15) is 16.7 Å². The van der Waals surface area contributed by atoms with Gasteiger partial charge >= 0.3 is 0 Å². The molecule has 3 aliphatic rings. The predicted octanol–water partition coefficient (Wildman–Crippen LogP) is 4.60. The van der Waals surface area contributed by atoms with Crippen LogP contribution in [-0.2, 0) is 11.3 Å². The lowest BCUT2D eigenvalue weighted by molar-refractivity contribution is -0.122. The van der Waals surface area contributed by atoms with Gasteiger partial charge in [-0.2, -0.15) is 0 Å². The maximum Gasteiger partial charge on any atom is 0.267 e. The molecular formula is C31H26FN5O4S2. The highest BCUT2D eigenvalue weighted by molar-refractivity contribution is 8.26. The Morgan fingerprint density at radius 2 is 1.74 bits per heavy atom. The zero-order valence-electron chi connectivity index (χ0n) is 23.2. The number of fused-ring (bicyclic) bond motifs is 2. The molecule has 218 valence electrons. The number of piperazine rings is 1. The molecule has 0 spiro atoms. The number of hydrogen-bond acceptors (Lipinski definition) is 9. The molecule has 2 fully saturated rings. The molecule has 2 aromatic heterocycles. The van der Waals surface area contributed by atoms with Crippen molar-refractivity contribution in [2.75, 3.05) is 42.8 Å². The molecule has 43 heavy (non-hydrogen) atoms. The molecule has 0 bridgehead atoms. The van der Waals surface area contributed by atoms with Gasteiger partial charge in [-0.05, 0) is 66.6 Å². The van der Waals surface area contributed by atoms with E-state index >= 15 is 0 Å². The van der Waals surface area contributed by atoms with Crippen molar-refractivity contribution in [3.8, 4) is 11.5 Å². The number of aromatic nitrogens is 2. The van der Waals surface area contributed by atoms with Gasteiger partial charge < -0.3 is 19.3 Å². The van der Waals surface area contributed by atoms with Crippen LogP contribution in [0, 0.1) is 12.7 Å². The summed E-state index contributed by atoms with van der Waals surface area (Å²) in [4.78, 5) is 38.7. The number of carbonyl (C=O) groups is 1. The van der Waals surface area contributed by atoms with E-state index in [0.29, 0.717) is 63.9 Å². The van der Waals surface area contributed by atoms with Crippen molar-refractivity contribution in [2.24, 2.45) is 0 Å². The first-order valence-corrected chi connectivity index (χ1v) is 15.0. The fourth-order valence-corrected chi connectivity index (χ4v) is 6.72. The van der Waals surface area contributed by atoms with Gasteiger partial charge in [0.25, 0.3) is 11.5 Å². The lowest BCUT2D eigenvalue weighted by atomic mass is 10.1. The van der Waals surface area contributed by atoms with E-state index in [4.69, 9.17) is 26.7 Å². The first kappa shape index (κ1) is 27.4. The molecule has 12 heteroatoms. The Morgan fingerprint density at radius 1 is 1.00 bits per heavy atom. The van der Waals surface area contributed by atoms with Gasteiger partial charge in [0.05, 0.1) is 17.0 Å². The number of rotatable bonds is 5. The van der Waals surface area contributed by atoms with E-state index in [0.717, 1.165) is 16.8 Å². The molecule has 0 N–H and O–H groups in total. The first-order chi connectivity index (χ1) is 20.9. The van der Waals surface area contributed by atoms with Crippen LogP contribution >= 0.6 is 24.0 Å². The summed E-state index contributed by atoms with van der Waals surface area (Å²) >= 11 is 6.77. The fourth-order valence-electron chi connectivity index (χ4n) is 5.49. The summed E-state index contributed by atoms with van der Waals surface area (Å²) in [5, 5.41) is 0. The third-order valence-electron chi connectivity index (χ3n) is 7.76. The van der Waals surface area contributed by atoms with E-state index in [1.807, 2.05) is 31.2 Å². The lowest BCUT2D eigenvalue weighted by Gasteiger charge is -2.37. The van der Waals surface area contributed by atoms with Crippen LogP contribution in [0.5, 0.6) is 11.5 Å². The summed E-state index contributed by atoms with van der Waals surface area (Å²) < 4.78 is 26.3. The minimum atomic E-state index is -0.274. The number of carbonyl (C=O) groups excluding carboxylic acids is 1. The van der Waals surface area contributed by atoms with E-state index in [2.05, 4.69) is 9.80 Å². The van der Waals surface area contributed by atoms with Crippen molar-refractivity contribution in [2.45, 2.75) is 13.5 Å². The molecular weight excluding hydrogens is 590 g/mol. The number of thioether (sulfide) groups is 1. The van der Waals surface area contributed by atoms with Crippen molar-refractivity contribution in [3.63, 3.8) is 0 Å². The van der Waals surface area contributed by atoms with Crippen molar-refractivity contribution in [1.82, 2.24) is 14.3 Å². The predicted molar refractivity (Wildman–Crippen MR) is 168 cm³/mol. The Balaban J connectivity index is 1.21. The van der Waals surface area contributed by atoms with E-state index < -0.39 is 0 Å². The van der Waals surface area contributed by atoms with Crippen LogP contribution < -0.4 is 24.8 Å². The second-order valence-corrected chi connectivity index (χ2v) is 12.1. The number of pyridine rings is 1. The maximum absolute atomic E-state index is 13.9. The SMILES string of the molecule is Cc1cccn2c(=O)c(C=C3SC(=S)N(Cc4ccc5c(c4)OCO5)C3=O)c(N3CCN(c4ccc(F)cc4)CC3)nc12. The van der Waals surface area contributed by atoms with Crippen LogP contribution in [0.3, 0.4) is 0 Å². The number of thiocarbonyl (C=S) groups is 1. The zero-order chi connectivity index (χ0) is 29.7. The van der Waals surface area contributed by atoms with Gasteiger partial charge in [0.1, 0.15) is 21.6 Å². The molecule has 0 aliphatic carbocycles. The quantitative estimate of drug-likeness (QED) is 0.237. The summed E-state index contributed by atoms with van der Waals surface area (Å²) in [6.07, 6.45) is 3.32. The molecule has 0 radical (unpaired) electrons. The maximum atomic E-state index is 13.9. The zero-order valence-corrected chi connectivity index (χ0v) is 24.8. The molecule has 1 amide bonds. The number of halogens is 1. The number of amides is 1. The summed E-state index contributed by atoms with van der Waals surface area (Å²) in [7, 11) is 0. The number of aryl methyl sites for hydroxylation is 1. The van der Waals surface area contributed by atoms with Gasteiger partial charge in [0, 0.05) is 38.1 Å². The van der Waals surface area contributed by atoms with Crippen molar-refractivity contribution < 1.29 is 18.7 Å². The Bertz CT molecular complexity index is 1870. The van der Waals surface area contributed by atoms with Crippen LogP contribution in [-0.4, -0.2) is 57.5 Å². The van der Waals surface area contributed by atoms with E-state index in [-0.39, 0.29) is 30.6 Å². The topological polar surface area (TPSA) is 79.6 Å². The number of nitrogens with zero attached hydrogens (tertiary/aromatic N) is 5. The van der Waals surface area contributed by atoms with Crippen molar-refractivity contribution >= 4 is 57.4 Å². The minimum Gasteiger partial charge on any atom is -0.454 e. The summed E-state index contributed by atoms with van der Waals surface area (Å²) in [5.74, 6) is 1.28. The van der Waals surface area contributed by atoms with Gasteiger partial charge in [-0.3, -0.25) is 18.9 Å². The standard InChI is InChI=1S/C31H26FN5O4S2/c1-19-3-2-10-36-27(19)33-28(35-13-11-34(12-14-35)22-7-5-21(32)6-8-22)23(29(36)38)16-26-30(39)37(31(42)43-26)17-20-4-9-24-25(15-20)41-18-40-24/h2-10,15-16H,11-14,17-18H2,1H3. The number of anilines is 2. The average molecular weight is 616 g/mol. The molecule has 3 aliphatic heterocycles. The second kappa shape index (κ2) is 11.0. The van der Waals surface area contributed by atoms with E-state index in [1.54, 1.807) is 30.5 Å². The van der Waals surface area contributed by atoms with Crippen LogP contribution in [0.4, 0.5) is 15.9 Å². The highest BCUT2D eigenvalue weighted by Gasteiger charge is 2.34. The van der Waals surface area contributed by atoms with Crippen LogP contribution in [0.2, 0.25) is 0 Å². The molecule has 4 aromatic rings. The summed E-state index contributed by atoms with van der Waals surface area (Å²) in [6, 6.07) is 15.7.